The fourth-order valence-corrected chi connectivity index (χ4v) is 3.32. The summed E-state index contributed by atoms with van der Waals surface area (Å²) in [5.74, 6) is -0.150. The first kappa shape index (κ1) is 16.4. The Balaban J connectivity index is 2.30. The predicted octanol–water partition coefficient (Wildman–Crippen LogP) is 2.23. The third-order valence-electron chi connectivity index (χ3n) is 3.43. The van der Waals surface area contributed by atoms with E-state index in [2.05, 4.69) is 9.88 Å². The lowest BCUT2D eigenvalue weighted by Crippen LogP contribution is -2.24. The standard InChI is InChI=1S/C14H17FN2O4S/c1-8-13(6-5-12(20-4)14(8)15)22(18,19)16-7-11-9(2)17-21-10(11)3/h5-6,16H,7H2,1-4H3. The minimum atomic E-state index is -3.86. The Hall–Kier alpha value is -1.93. The third kappa shape index (κ3) is 2.97. The molecule has 1 aromatic carbocycles. The summed E-state index contributed by atoms with van der Waals surface area (Å²) in [6, 6.07) is 2.60. The van der Waals surface area contributed by atoms with E-state index in [9.17, 15) is 12.8 Å². The van der Waals surface area contributed by atoms with E-state index in [0.717, 1.165) is 0 Å². The summed E-state index contributed by atoms with van der Waals surface area (Å²) in [6.07, 6.45) is 0. The second kappa shape index (κ2) is 6.05. The van der Waals surface area contributed by atoms with Gasteiger partial charge in [0.1, 0.15) is 5.76 Å². The van der Waals surface area contributed by atoms with Gasteiger partial charge in [0.15, 0.2) is 11.6 Å². The van der Waals surface area contributed by atoms with Gasteiger partial charge in [-0.3, -0.25) is 0 Å². The Labute approximate surface area is 128 Å². The maximum Gasteiger partial charge on any atom is 0.241 e. The zero-order valence-corrected chi connectivity index (χ0v) is 13.5. The van der Waals surface area contributed by atoms with Crippen molar-refractivity contribution >= 4 is 10.0 Å². The first-order valence-corrected chi connectivity index (χ1v) is 8.00. The van der Waals surface area contributed by atoms with Crippen molar-refractivity contribution in [1.82, 2.24) is 9.88 Å². The molecule has 1 aromatic heterocycles. The molecule has 2 aromatic rings. The minimum absolute atomic E-state index is 0.00201. The van der Waals surface area contributed by atoms with Crippen LogP contribution in [0.3, 0.4) is 0 Å². The highest BCUT2D eigenvalue weighted by Gasteiger charge is 2.22. The number of hydrogen-bond acceptors (Lipinski definition) is 5. The Morgan fingerprint density at radius 1 is 1.32 bits per heavy atom. The lowest BCUT2D eigenvalue weighted by atomic mass is 10.2. The van der Waals surface area contributed by atoms with Crippen molar-refractivity contribution in [3.8, 4) is 5.75 Å². The zero-order chi connectivity index (χ0) is 16.5. The van der Waals surface area contributed by atoms with E-state index in [1.807, 2.05) is 0 Å². The number of aryl methyl sites for hydroxylation is 2. The lowest BCUT2D eigenvalue weighted by Gasteiger charge is -2.11. The number of rotatable bonds is 5. The van der Waals surface area contributed by atoms with E-state index in [0.29, 0.717) is 17.0 Å². The van der Waals surface area contributed by atoms with Crippen molar-refractivity contribution in [2.45, 2.75) is 32.2 Å². The van der Waals surface area contributed by atoms with Gasteiger partial charge in [0.25, 0.3) is 0 Å². The summed E-state index contributed by atoms with van der Waals surface area (Å²) in [7, 11) is -2.54. The molecule has 2 rings (SSSR count). The molecule has 0 unspecified atom stereocenters. The average molecular weight is 328 g/mol. The normalized spacial score (nSPS) is 11.7. The van der Waals surface area contributed by atoms with E-state index in [1.54, 1.807) is 13.8 Å². The molecule has 0 saturated carbocycles. The second-order valence-corrected chi connectivity index (χ2v) is 6.57. The zero-order valence-electron chi connectivity index (χ0n) is 12.7. The van der Waals surface area contributed by atoms with Crippen molar-refractivity contribution in [2.24, 2.45) is 0 Å². The van der Waals surface area contributed by atoms with Gasteiger partial charge in [0.2, 0.25) is 10.0 Å². The molecule has 0 aliphatic carbocycles. The fraction of sp³-hybridized carbons (Fsp3) is 0.357. The molecule has 0 spiro atoms. The Morgan fingerprint density at radius 2 is 2.00 bits per heavy atom. The number of ether oxygens (including phenoxy) is 1. The molecule has 8 heteroatoms. The number of sulfonamides is 1. The summed E-state index contributed by atoms with van der Waals surface area (Å²) in [5.41, 5.74) is 1.28. The van der Waals surface area contributed by atoms with E-state index in [-0.39, 0.29) is 22.8 Å². The average Bonchev–Trinajstić information content (AvgIpc) is 2.78. The molecule has 1 heterocycles. The summed E-state index contributed by atoms with van der Waals surface area (Å²) in [6.45, 7) is 4.83. The molecule has 0 bridgehead atoms. The highest BCUT2D eigenvalue weighted by Crippen LogP contribution is 2.26. The van der Waals surface area contributed by atoms with Crippen LogP contribution >= 0.6 is 0 Å². The van der Waals surface area contributed by atoms with E-state index < -0.39 is 15.8 Å². The number of aromatic nitrogens is 1. The van der Waals surface area contributed by atoms with Crippen LogP contribution in [-0.2, 0) is 16.6 Å². The van der Waals surface area contributed by atoms with Gasteiger partial charge < -0.3 is 9.26 Å². The van der Waals surface area contributed by atoms with Crippen molar-refractivity contribution < 1.29 is 22.1 Å². The van der Waals surface area contributed by atoms with Gasteiger partial charge in [-0.1, -0.05) is 5.16 Å². The maximum absolute atomic E-state index is 14.0. The number of nitrogens with zero attached hydrogens (tertiary/aromatic N) is 1. The molecule has 0 saturated heterocycles. The molecule has 0 radical (unpaired) electrons. The van der Waals surface area contributed by atoms with Crippen molar-refractivity contribution in [1.29, 1.82) is 0 Å². The SMILES string of the molecule is COc1ccc(S(=O)(=O)NCc2c(C)noc2C)c(C)c1F. The van der Waals surface area contributed by atoms with Gasteiger partial charge in [-0.25, -0.2) is 17.5 Å². The van der Waals surface area contributed by atoms with E-state index in [4.69, 9.17) is 9.26 Å². The van der Waals surface area contributed by atoms with Crippen LogP contribution < -0.4 is 9.46 Å². The van der Waals surface area contributed by atoms with Crippen LogP contribution in [0.4, 0.5) is 4.39 Å². The molecule has 0 fully saturated rings. The Morgan fingerprint density at radius 3 is 2.55 bits per heavy atom. The van der Waals surface area contributed by atoms with Crippen molar-refractivity contribution in [3.63, 3.8) is 0 Å². The summed E-state index contributed by atoms with van der Waals surface area (Å²) in [5, 5.41) is 3.76. The summed E-state index contributed by atoms with van der Waals surface area (Å²) >= 11 is 0. The lowest BCUT2D eigenvalue weighted by molar-refractivity contribution is 0.384. The van der Waals surface area contributed by atoms with Crippen LogP contribution in [0.5, 0.6) is 5.75 Å². The largest absolute Gasteiger partial charge is 0.494 e. The van der Waals surface area contributed by atoms with Gasteiger partial charge in [-0.2, -0.15) is 0 Å². The monoisotopic (exact) mass is 328 g/mol. The van der Waals surface area contributed by atoms with E-state index in [1.165, 1.54) is 26.2 Å². The van der Waals surface area contributed by atoms with Crippen LogP contribution in [0, 0.1) is 26.6 Å². The van der Waals surface area contributed by atoms with Gasteiger partial charge >= 0.3 is 0 Å². The molecular weight excluding hydrogens is 311 g/mol. The molecule has 6 nitrogen and oxygen atoms in total. The number of nitrogens with one attached hydrogen (secondary N) is 1. The molecule has 120 valence electrons. The second-order valence-electron chi connectivity index (χ2n) is 4.83. The Kier molecular flexibility index (Phi) is 4.52. The first-order valence-electron chi connectivity index (χ1n) is 6.52. The topological polar surface area (TPSA) is 81.4 Å². The quantitative estimate of drug-likeness (QED) is 0.910. The molecule has 1 N–H and O–H groups in total. The Bertz CT molecular complexity index is 780. The molecule has 0 aliphatic heterocycles. The fourth-order valence-electron chi connectivity index (χ4n) is 2.09. The molecule has 0 aliphatic rings. The minimum Gasteiger partial charge on any atom is -0.494 e. The highest BCUT2D eigenvalue weighted by atomic mass is 32.2. The third-order valence-corrected chi connectivity index (χ3v) is 4.98. The summed E-state index contributed by atoms with van der Waals surface area (Å²) < 4.78 is 50.9. The predicted molar refractivity (Wildman–Crippen MR) is 77.7 cm³/mol. The molecule has 22 heavy (non-hydrogen) atoms. The highest BCUT2D eigenvalue weighted by molar-refractivity contribution is 7.89. The van der Waals surface area contributed by atoms with Crippen molar-refractivity contribution in [2.75, 3.05) is 7.11 Å². The van der Waals surface area contributed by atoms with Crippen LogP contribution in [0.15, 0.2) is 21.6 Å². The summed E-state index contributed by atoms with van der Waals surface area (Å²) in [4.78, 5) is -0.127. The van der Waals surface area contributed by atoms with Crippen LogP contribution in [0.1, 0.15) is 22.6 Å². The van der Waals surface area contributed by atoms with Gasteiger partial charge in [0, 0.05) is 17.7 Å². The van der Waals surface area contributed by atoms with E-state index >= 15 is 0 Å². The number of halogens is 1. The van der Waals surface area contributed by atoms with Crippen molar-refractivity contribution in [3.05, 3.63) is 40.5 Å². The molecule has 0 atom stereocenters. The van der Waals surface area contributed by atoms with Gasteiger partial charge in [0.05, 0.1) is 17.7 Å². The van der Waals surface area contributed by atoms with Crippen LogP contribution in [0.2, 0.25) is 0 Å². The smallest absolute Gasteiger partial charge is 0.241 e. The first-order chi connectivity index (χ1) is 10.3. The van der Waals surface area contributed by atoms with Crippen LogP contribution in [0.25, 0.3) is 0 Å². The molecular formula is C14H17FN2O4S. The number of benzene rings is 1. The number of hydrogen-bond donors (Lipinski definition) is 1. The van der Waals surface area contributed by atoms with Gasteiger partial charge in [-0.05, 0) is 32.9 Å². The maximum atomic E-state index is 14.0. The van der Waals surface area contributed by atoms with Gasteiger partial charge in [-0.15, -0.1) is 0 Å². The molecule has 0 amide bonds. The number of methoxy groups -OCH3 is 1. The van der Waals surface area contributed by atoms with Crippen LogP contribution in [-0.4, -0.2) is 20.7 Å².